The van der Waals surface area contributed by atoms with Crippen LogP contribution < -0.4 is 39.7 Å². The summed E-state index contributed by atoms with van der Waals surface area (Å²) in [6, 6.07) is -0.910. The number of aliphatic hydroxyl groups is 31. The second kappa shape index (κ2) is 57.8. The minimum Gasteiger partial charge on any atom is -0.396 e. The summed E-state index contributed by atoms with van der Waals surface area (Å²) in [5.74, 6) is -1.90. The highest BCUT2D eigenvalue weighted by Gasteiger charge is 2.55. The maximum absolute atomic E-state index is 11.0. The highest BCUT2D eigenvalue weighted by molar-refractivity contribution is 5.73. The molecule has 9 rings (SSSR count). The SMILES string of the molecule is CC(=O)N[C@H]1[C@H](OCCN)O[C@H](CO)[C@@H](O)[C@@H]1O.C[C@@H]1O[C@H](OCCN)[C@@H](O)[C@H](O)[C@@H]1O.NCCO[C@H]1O[C@H](CO)[C@@H](O)[C@H](O)[C@@H]1O.NCCO[C@H]1O[C@H](CO)[C@@H](O)[C@H](O)[C@@H]1O[C@H]1C[C@H](CO)[C@@H](O)[C@H](O)[C@@H]1O.NCCO[C@H]1O[C@H](CO)[C@@H](O)[C@H](O)[C@H]1O.NCCO[C@H]1O[C@H](CO[C@H]2C[C@H](CO)[C@@H](O)[C@H](O)[C@@H]2O)[C@@H](O)[C@H](O[C@H]2O[C@H](CO)[C@@H](O)[C@H](O)[C@@H]2O)[C@@H]1O. The van der Waals surface area contributed by atoms with E-state index in [1.807, 2.05) is 0 Å². The van der Waals surface area contributed by atoms with E-state index in [2.05, 4.69) is 5.32 Å². The van der Waals surface area contributed by atoms with Gasteiger partial charge in [-0.1, -0.05) is 0 Å². The number of rotatable bonds is 33. The average molecular weight is 1850 g/mol. The third-order valence-corrected chi connectivity index (χ3v) is 21.2. The Hall–Kier alpha value is -2.65. The third-order valence-electron chi connectivity index (χ3n) is 21.2. The number of carbonyl (C=O) groups is 1. The van der Waals surface area contributed by atoms with E-state index in [4.69, 9.17) is 126 Å². The van der Waals surface area contributed by atoms with Gasteiger partial charge in [0, 0.05) is 71.2 Å². The first-order chi connectivity index (χ1) is 59.2. The summed E-state index contributed by atoms with van der Waals surface area (Å²) in [4.78, 5) is 11.0. The first kappa shape index (κ1) is 115. The lowest BCUT2D eigenvalue weighted by Crippen LogP contribution is -2.65. The summed E-state index contributed by atoms with van der Waals surface area (Å²) >= 11 is 0. The molecule has 2 saturated carbocycles. The molecule has 2 aliphatic carbocycles. The molecule has 9 fully saturated rings. The molecule has 44 N–H and O–H groups in total. The molecule has 7 aliphatic heterocycles. The summed E-state index contributed by atoms with van der Waals surface area (Å²) in [7, 11) is 0. The molecule has 742 valence electrons. The zero-order valence-corrected chi connectivity index (χ0v) is 68.8. The standard InChI is InChI=1S/C21H39NO15.C15H29NO10.C10H20N2O6.2C8H17NO6.C8H17NO5/c22-1-2-33-20-18(32)19(37-21-17(31)16(30)13(27)9(5-24)35-21)14(28)10(36-20)6-34-8-3-7(4-23)11(25)15(29)12(8)26;16-1-2-24-15-14(13(23)11(21)8(5-18)26-15)25-7-3-6(4-17)9(19)12(22)10(7)20;1-5(14)12-7-9(16)8(15)6(4-13)18-10(7)17-3-2-11;2*9-1-2-14-8-7(13)6(12)5(11)4(3-10)15-8;1-4-5(10)6(11)7(12)8(14-4)13-3-2-9/h7-21,23-32H,1-6,22H2;6-15,17-23H,1-5,16H2;6-10,13,15-16H,2-4,11H2,1H3,(H,12,14);2*4-8,10-13H,1-3,9H2;4-8,10-12H,2-3,9H2,1H3/t7-,8+,9-,10-,11-,12-,13-,14-,15+,16+,17+,18+,19+,20+,21-;6-,7+,8-,9-,10-,11-,12+,13+,14+,15+;6-,7-,8-,9-,10-;4-,5-,6+,7+,8+;4-,5-,6+,7-,8+;4-,5+,6+,7-,8-/m111110/s1. The summed E-state index contributed by atoms with van der Waals surface area (Å²) in [5, 5.41) is 304. The molecule has 0 aromatic carbocycles. The van der Waals surface area contributed by atoms with E-state index in [9.17, 15) is 148 Å². The molecule has 125 heavy (non-hydrogen) atoms. The Kier molecular flexibility index (Phi) is 53.0. The van der Waals surface area contributed by atoms with Crippen LogP contribution in [0.4, 0.5) is 0 Å². The van der Waals surface area contributed by atoms with Gasteiger partial charge < -0.3 is 274 Å². The van der Waals surface area contributed by atoms with Crippen LogP contribution in [0.25, 0.3) is 0 Å². The molecule has 0 unspecified atom stereocenters. The highest BCUT2D eigenvalue weighted by atomic mass is 16.8. The van der Waals surface area contributed by atoms with Crippen molar-refractivity contribution in [2.75, 3.05) is 132 Å². The molecule has 0 radical (unpaired) electrons. The number of carbonyl (C=O) groups excluding carboxylic acids is 1. The van der Waals surface area contributed by atoms with Crippen molar-refractivity contribution in [3.63, 3.8) is 0 Å². The summed E-state index contributed by atoms with van der Waals surface area (Å²) in [6.45, 7) is 0.838. The number of amides is 1. The number of hydrogen-bond acceptors (Lipinski definition) is 54. The Morgan fingerprint density at radius 3 is 0.960 bits per heavy atom. The van der Waals surface area contributed by atoms with Crippen LogP contribution in [0.15, 0.2) is 0 Å². The Morgan fingerprint density at radius 2 is 0.576 bits per heavy atom. The van der Waals surface area contributed by atoms with Gasteiger partial charge >= 0.3 is 0 Å². The number of ether oxygens (including phenoxy) is 16. The van der Waals surface area contributed by atoms with Crippen LogP contribution in [0.3, 0.4) is 0 Å². The van der Waals surface area contributed by atoms with Gasteiger partial charge in [-0.25, -0.2) is 0 Å². The van der Waals surface area contributed by atoms with E-state index in [0.29, 0.717) is 6.54 Å². The smallest absolute Gasteiger partial charge is 0.217 e. The summed E-state index contributed by atoms with van der Waals surface area (Å²) < 4.78 is 84.8. The Balaban J connectivity index is 0.000000328. The largest absolute Gasteiger partial charge is 0.396 e. The van der Waals surface area contributed by atoms with Gasteiger partial charge in [0.05, 0.1) is 110 Å². The molecule has 0 spiro atoms. The van der Waals surface area contributed by atoms with Crippen molar-refractivity contribution in [2.45, 2.75) is 290 Å². The van der Waals surface area contributed by atoms with Gasteiger partial charge in [-0.05, 0) is 19.8 Å². The topological polar surface area (TPSA) is 960 Å². The van der Waals surface area contributed by atoms with Gasteiger partial charge in [0.2, 0.25) is 5.91 Å². The van der Waals surface area contributed by atoms with Gasteiger partial charge in [0.25, 0.3) is 0 Å². The van der Waals surface area contributed by atoms with E-state index in [1.165, 1.54) is 6.92 Å². The van der Waals surface area contributed by atoms with Gasteiger partial charge in [0.1, 0.15) is 189 Å². The fraction of sp³-hybridized carbons (Fsp3) is 0.986. The molecular formula is C70H139N7O48. The molecule has 0 aromatic rings. The molecule has 45 atom stereocenters. The van der Waals surface area contributed by atoms with Gasteiger partial charge in [-0.3, -0.25) is 4.79 Å². The minimum absolute atomic E-state index is 0.00223. The van der Waals surface area contributed by atoms with Crippen molar-refractivity contribution in [2.24, 2.45) is 46.2 Å². The molecule has 55 heteroatoms. The van der Waals surface area contributed by atoms with E-state index < -0.39 is 334 Å². The van der Waals surface area contributed by atoms with Crippen LogP contribution in [0.5, 0.6) is 0 Å². The lowest BCUT2D eigenvalue weighted by molar-refractivity contribution is -0.361. The number of aliphatic hydroxyl groups excluding tert-OH is 31. The number of hydrogen-bond donors (Lipinski definition) is 38. The van der Waals surface area contributed by atoms with Crippen molar-refractivity contribution in [1.82, 2.24) is 5.32 Å². The second-order valence-corrected chi connectivity index (χ2v) is 30.3. The maximum atomic E-state index is 11.0. The lowest BCUT2D eigenvalue weighted by atomic mass is 9.81. The van der Waals surface area contributed by atoms with Crippen molar-refractivity contribution in [3.05, 3.63) is 0 Å². The van der Waals surface area contributed by atoms with Gasteiger partial charge in [0.15, 0.2) is 44.0 Å². The van der Waals surface area contributed by atoms with Crippen LogP contribution in [-0.2, 0) is 80.6 Å². The van der Waals surface area contributed by atoms with Crippen LogP contribution in [-0.4, -0.2) is 560 Å². The van der Waals surface area contributed by atoms with Crippen molar-refractivity contribution >= 4 is 5.91 Å². The molecule has 0 aromatic heterocycles. The van der Waals surface area contributed by atoms with Crippen LogP contribution in [0.2, 0.25) is 0 Å². The summed E-state index contributed by atoms with van der Waals surface area (Å²) in [6.07, 6.45) is -55.0. The van der Waals surface area contributed by atoms with Crippen LogP contribution in [0, 0.1) is 11.8 Å². The third kappa shape index (κ3) is 32.0. The predicted octanol–water partition coefficient (Wildman–Crippen LogP) is -23.5. The van der Waals surface area contributed by atoms with E-state index in [-0.39, 0.29) is 85.2 Å². The zero-order valence-electron chi connectivity index (χ0n) is 68.8. The second-order valence-electron chi connectivity index (χ2n) is 30.3. The molecular weight excluding hydrogens is 1710 g/mol. The Labute approximate surface area is 716 Å². The van der Waals surface area contributed by atoms with Crippen molar-refractivity contribution in [1.29, 1.82) is 0 Å². The fourth-order valence-corrected chi connectivity index (χ4v) is 13.9. The van der Waals surface area contributed by atoms with Crippen molar-refractivity contribution in [3.8, 4) is 0 Å². The zero-order chi connectivity index (χ0) is 94.1. The van der Waals surface area contributed by atoms with Crippen molar-refractivity contribution < 1.29 is 239 Å². The Morgan fingerprint density at radius 1 is 0.280 bits per heavy atom. The van der Waals surface area contributed by atoms with Crippen LogP contribution in [0.1, 0.15) is 26.7 Å². The summed E-state index contributed by atoms with van der Waals surface area (Å²) in [5.41, 5.74) is 31.7. The fourth-order valence-electron chi connectivity index (χ4n) is 13.9. The first-order valence-corrected chi connectivity index (χ1v) is 40.5. The lowest BCUT2D eigenvalue weighted by Gasteiger charge is -2.46. The van der Waals surface area contributed by atoms with E-state index in [0.717, 1.165) is 0 Å². The molecule has 1 amide bonds. The first-order valence-electron chi connectivity index (χ1n) is 40.5. The molecule has 0 bridgehead atoms. The molecule has 9 aliphatic rings. The van der Waals surface area contributed by atoms with E-state index in [1.54, 1.807) is 6.92 Å². The number of nitrogens with one attached hydrogen (secondary N) is 1. The van der Waals surface area contributed by atoms with Crippen LogP contribution >= 0.6 is 0 Å². The monoisotopic (exact) mass is 1850 g/mol. The van der Waals surface area contributed by atoms with E-state index >= 15 is 0 Å². The predicted molar refractivity (Wildman–Crippen MR) is 407 cm³/mol. The molecule has 7 saturated heterocycles. The highest BCUT2D eigenvalue weighted by Crippen LogP contribution is 2.36. The molecule has 55 nitrogen and oxygen atoms in total. The normalized spacial score (nSPS) is 44.6. The average Bonchev–Trinajstić information content (AvgIpc) is 0.768. The van der Waals surface area contributed by atoms with Gasteiger partial charge in [-0.15, -0.1) is 0 Å². The number of nitrogens with two attached hydrogens (primary N) is 6. The quantitative estimate of drug-likeness (QED) is 0.0290. The van der Waals surface area contributed by atoms with Gasteiger partial charge in [-0.2, -0.15) is 0 Å². The molecule has 7 heterocycles. The maximum Gasteiger partial charge on any atom is 0.217 e. The Bertz CT molecular complexity index is 2800. The minimum atomic E-state index is -1.81.